The van der Waals surface area contributed by atoms with E-state index in [4.69, 9.17) is 4.52 Å². The van der Waals surface area contributed by atoms with Crippen LogP contribution < -0.4 is 10.2 Å². The van der Waals surface area contributed by atoms with Crippen molar-refractivity contribution < 1.29 is 9.63 Å². The lowest BCUT2D eigenvalue weighted by Crippen LogP contribution is -2.35. The molecule has 1 aromatic heterocycles. The number of hydrogen-bond acceptors (Lipinski definition) is 6. The van der Waals surface area contributed by atoms with Gasteiger partial charge < -0.3 is 19.8 Å². The standard InChI is InChI=1S/C19H28N4O2/c1-14(2)11-18-21-19(25-22-18)12-20-16-5-3-4-6-17(16)23-9-7-15(13-24)8-10-23/h3-6,14-15,20,24H,7-13H2,1-2H3. The number of hydrogen-bond donors (Lipinski definition) is 2. The summed E-state index contributed by atoms with van der Waals surface area (Å²) in [6, 6.07) is 8.31. The molecule has 0 aliphatic carbocycles. The molecule has 1 fully saturated rings. The summed E-state index contributed by atoms with van der Waals surface area (Å²) in [5, 5.41) is 16.8. The van der Waals surface area contributed by atoms with Gasteiger partial charge in [0, 0.05) is 26.1 Å². The van der Waals surface area contributed by atoms with Crippen molar-refractivity contribution in [2.75, 3.05) is 29.9 Å². The Morgan fingerprint density at radius 3 is 2.76 bits per heavy atom. The molecule has 1 aromatic carbocycles. The van der Waals surface area contributed by atoms with E-state index in [9.17, 15) is 5.11 Å². The first-order chi connectivity index (χ1) is 12.2. The lowest BCUT2D eigenvalue weighted by atomic mass is 9.97. The minimum Gasteiger partial charge on any atom is -0.396 e. The molecular formula is C19H28N4O2. The van der Waals surface area contributed by atoms with Gasteiger partial charge in [0.2, 0.25) is 5.89 Å². The molecule has 2 aromatic rings. The summed E-state index contributed by atoms with van der Waals surface area (Å²) in [6.07, 6.45) is 2.90. The van der Waals surface area contributed by atoms with Crippen molar-refractivity contribution in [1.82, 2.24) is 10.1 Å². The van der Waals surface area contributed by atoms with E-state index in [0.29, 0.717) is 30.9 Å². The fraction of sp³-hybridized carbons (Fsp3) is 0.579. The number of anilines is 2. The topological polar surface area (TPSA) is 74.4 Å². The monoisotopic (exact) mass is 344 g/mol. The Balaban J connectivity index is 1.62. The summed E-state index contributed by atoms with van der Waals surface area (Å²) >= 11 is 0. The molecule has 1 aliphatic heterocycles. The van der Waals surface area contributed by atoms with Crippen LogP contribution in [0.5, 0.6) is 0 Å². The van der Waals surface area contributed by atoms with E-state index in [1.165, 1.54) is 5.69 Å². The average Bonchev–Trinajstić information content (AvgIpc) is 3.07. The van der Waals surface area contributed by atoms with Gasteiger partial charge in [0.1, 0.15) is 0 Å². The fourth-order valence-corrected chi connectivity index (χ4v) is 3.24. The highest BCUT2D eigenvalue weighted by molar-refractivity contribution is 5.70. The molecule has 2 heterocycles. The Hall–Kier alpha value is -2.08. The number of aromatic nitrogens is 2. The first-order valence-electron chi connectivity index (χ1n) is 9.16. The van der Waals surface area contributed by atoms with Crippen LogP contribution in [0.4, 0.5) is 11.4 Å². The third kappa shape index (κ3) is 4.72. The van der Waals surface area contributed by atoms with Gasteiger partial charge in [-0.2, -0.15) is 4.98 Å². The molecule has 0 atom stereocenters. The summed E-state index contributed by atoms with van der Waals surface area (Å²) in [4.78, 5) is 6.83. The zero-order valence-electron chi connectivity index (χ0n) is 15.1. The number of nitrogens with zero attached hydrogens (tertiary/aromatic N) is 3. The molecule has 0 radical (unpaired) electrons. The van der Waals surface area contributed by atoms with Crippen LogP contribution in [0.1, 0.15) is 38.4 Å². The van der Waals surface area contributed by atoms with Crippen molar-refractivity contribution >= 4 is 11.4 Å². The van der Waals surface area contributed by atoms with Gasteiger partial charge in [-0.05, 0) is 36.8 Å². The quantitative estimate of drug-likeness (QED) is 0.804. The summed E-state index contributed by atoms with van der Waals surface area (Å²) in [5.41, 5.74) is 2.27. The highest BCUT2D eigenvalue weighted by Gasteiger charge is 2.20. The summed E-state index contributed by atoms with van der Waals surface area (Å²) in [5.74, 6) is 2.34. The zero-order valence-corrected chi connectivity index (χ0v) is 15.1. The van der Waals surface area contributed by atoms with E-state index in [1.54, 1.807) is 0 Å². The van der Waals surface area contributed by atoms with E-state index in [0.717, 1.165) is 43.9 Å². The maximum atomic E-state index is 9.32. The molecule has 0 unspecified atom stereocenters. The normalized spacial score (nSPS) is 15.8. The van der Waals surface area contributed by atoms with Gasteiger partial charge in [-0.1, -0.05) is 31.1 Å². The Morgan fingerprint density at radius 2 is 2.04 bits per heavy atom. The van der Waals surface area contributed by atoms with E-state index in [-0.39, 0.29) is 0 Å². The second kappa shape index (κ2) is 8.34. The average molecular weight is 344 g/mol. The molecule has 0 spiro atoms. The van der Waals surface area contributed by atoms with E-state index < -0.39 is 0 Å². The molecule has 0 bridgehead atoms. The Kier molecular flexibility index (Phi) is 5.91. The van der Waals surface area contributed by atoms with Gasteiger partial charge >= 0.3 is 0 Å². The van der Waals surface area contributed by atoms with Gasteiger partial charge in [0.25, 0.3) is 0 Å². The first-order valence-corrected chi connectivity index (χ1v) is 9.16. The molecule has 1 saturated heterocycles. The number of benzene rings is 1. The SMILES string of the molecule is CC(C)Cc1noc(CNc2ccccc2N2CCC(CO)CC2)n1. The minimum atomic E-state index is 0.295. The van der Waals surface area contributed by atoms with Gasteiger partial charge in [0.15, 0.2) is 5.82 Å². The molecular weight excluding hydrogens is 316 g/mol. The number of aliphatic hydroxyl groups excluding tert-OH is 1. The maximum absolute atomic E-state index is 9.32. The van der Waals surface area contributed by atoms with Crippen LogP contribution in [0.3, 0.4) is 0 Å². The van der Waals surface area contributed by atoms with Crippen LogP contribution in [0, 0.1) is 11.8 Å². The van der Waals surface area contributed by atoms with Gasteiger partial charge in [-0.3, -0.25) is 0 Å². The Bertz CT molecular complexity index is 663. The molecule has 2 N–H and O–H groups in total. The summed E-state index contributed by atoms with van der Waals surface area (Å²) in [7, 11) is 0. The number of para-hydroxylation sites is 2. The van der Waals surface area contributed by atoms with Crippen molar-refractivity contribution in [3.8, 4) is 0 Å². The van der Waals surface area contributed by atoms with E-state index >= 15 is 0 Å². The van der Waals surface area contributed by atoms with Gasteiger partial charge in [-0.15, -0.1) is 0 Å². The van der Waals surface area contributed by atoms with Gasteiger partial charge in [-0.25, -0.2) is 0 Å². The lowest BCUT2D eigenvalue weighted by molar-refractivity contribution is 0.203. The van der Waals surface area contributed by atoms with Crippen molar-refractivity contribution in [3.63, 3.8) is 0 Å². The van der Waals surface area contributed by atoms with Crippen molar-refractivity contribution in [1.29, 1.82) is 0 Å². The predicted molar refractivity (Wildman–Crippen MR) is 98.6 cm³/mol. The van der Waals surface area contributed by atoms with E-state index in [1.807, 2.05) is 6.07 Å². The molecule has 3 rings (SSSR count). The molecule has 6 heteroatoms. The molecule has 0 saturated carbocycles. The third-order valence-corrected chi connectivity index (χ3v) is 4.65. The molecule has 25 heavy (non-hydrogen) atoms. The molecule has 6 nitrogen and oxygen atoms in total. The Morgan fingerprint density at radius 1 is 1.28 bits per heavy atom. The fourth-order valence-electron chi connectivity index (χ4n) is 3.24. The highest BCUT2D eigenvalue weighted by atomic mass is 16.5. The number of nitrogens with one attached hydrogen (secondary N) is 1. The van der Waals surface area contributed by atoms with Crippen molar-refractivity contribution in [2.24, 2.45) is 11.8 Å². The summed E-state index contributed by atoms with van der Waals surface area (Å²) in [6.45, 7) is 7.06. The molecule has 136 valence electrons. The predicted octanol–water partition coefficient (Wildman–Crippen LogP) is 3.09. The van der Waals surface area contributed by atoms with Crippen molar-refractivity contribution in [2.45, 2.75) is 39.7 Å². The second-order valence-electron chi connectivity index (χ2n) is 7.19. The zero-order chi connectivity index (χ0) is 17.6. The first kappa shape index (κ1) is 17.7. The van der Waals surface area contributed by atoms with Crippen LogP contribution >= 0.6 is 0 Å². The third-order valence-electron chi connectivity index (χ3n) is 4.65. The second-order valence-corrected chi connectivity index (χ2v) is 7.19. The number of piperidine rings is 1. The van der Waals surface area contributed by atoms with Crippen LogP contribution in [-0.4, -0.2) is 34.9 Å². The van der Waals surface area contributed by atoms with Gasteiger partial charge in [0.05, 0.1) is 17.9 Å². The number of rotatable bonds is 7. The smallest absolute Gasteiger partial charge is 0.245 e. The number of aliphatic hydroxyl groups is 1. The maximum Gasteiger partial charge on any atom is 0.245 e. The minimum absolute atomic E-state index is 0.295. The van der Waals surface area contributed by atoms with Crippen LogP contribution in [0.15, 0.2) is 28.8 Å². The largest absolute Gasteiger partial charge is 0.396 e. The van der Waals surface area contributed by atoms with E-state index in [2.05, 4.69) is 52.4 Å². The Labute approximate surface area is 149 Å². The lowest BCUT2D eigenvalue weighted by Gasteiger charge is -2.34. The summed E-state index contributed by atoms with van der Waals surface area (Å²) < 4.78 is 5.34. The van der Waals surface area contributed by atoms with Crippen LogP contribution in [0.25, 0.3) is 0 Å². The molecule has 1 aliphatic rings. The molecule has 0 amide bonds. The van der Waals surface area contributed by atoms with Crippen LogP contribution in [0.2, 0.25) is 0 Å². The van der Waals surface area contributed by atoms with Crippen molar-refractivity contribution in [3.05, 3.63) is 36.0 Å². The highest BCUT2D eigenvalue weighted by Crippen LogP contribution is 2.30. The van der Waals surface area contributed by atoms with Crippen LogP contribution in [-0.2, 0) is 13.0 Å².